The number of rotatable bonds is 20. The van der Waals surface area contributed by atoms with Crippen molar-refractivity contribution < 1.29 is 4.79 Å². The van der Waals surface area contributed by atoms with E-state index in [1.807, 2.05) is 0 Å². The molecule has 0 aliphatic rings. The third-order valence-corrected chi connectivity index (χ3v) is 6.24. The Morgan fingerprint density at radius 2 is 1.21 bits per heavy atom. The molecule has 0 aromatic carbocycles. The van der Waals surface area contributed by atoms with Crippen molar-refractivity contribution in [2.45, 2.75) is 144 Å². The Labute approximate surface area is 178 Å². The molecule has 0 rings (SSSR count). The van der Waals surface area contributed by atoms with E-state index in [4.69, 9.17) is 0 Å². The van der Waals surface area contributed by atoms with E-state index in [2.05, 4.69) is 39.9 Å². The molecule has 0 unspecified atom stereocenters. The maximum atomic E-state index is 11.9. The van der Waals surface area contributed by atoms with Crippen molar-refractivity contribution in [2.75, 3.05) is 6.54 Å². The molecule has 2 heteroatoms. The first kappa shape index (κ1) is 27.5. The Kier molecular flexibility index (Phi) is 18.1. The van der Waals surface area contributed by atoms with E-state index in [-0.39, 0.29) is 5.91 Å². The molecule has 0 fully saturated rings. The fourth-order valence-electron chi connectivity index (χ4n) is 3.67. The van der Waals surface area contributed by atoms with E-state index in [0.29, 0.717) is 11.8 Å². The zero-order valence-electron chi connectivity index (χ0n) is 20.2. The van der Waals surface area contributed by atoms with Gasteiger partial charge in [0.25, 0.3) is 0 Å². The minimum Gasteiger partial charge on any atom is -0.356 e. The summed E-state index contributed by atoms with van der Waals surface area (Å²) < 4.78 is 0. The highest BCUT2D eigenvalue weighted by Gasteiger charge is 2.14. The molecule has 2 nitrogen and oxygen atoms in total. The first-order chi connectivity index (χ1) is 13.4. The Balaban J connectivity index is 3.23. The minimum absolute atomic E-state index is 0.252. The van der Waals surface area contributed by atoms with Crippen LogP contribution in [0.4, 0.5) is 0 Å². The molecule has 28 heavy (non-hydrogen) atoms. The van der Waals surface area contributed by atoms with Crippen molar-refractivity contribution in [3.8, 4) is 0 Å². The quantitative estimate of drug-likeness (QED) is 0.206. The third-order valence-electron chi connectivity index (χ3n) is 6.24. The lowest BCUT2D eigenvalue weighted by molar-refractivity contribution is -0.121. The number of carbonyl (C=O) groups is 1. The smallest absolute Gasteiger partial charge is 0.219 e. The summed E-state index contributed by atoms with van der Waals surface area (Å²) in [6.45, 7) is 12.4. The van der Waals surface area contributed by atoms with Crippen LogP contribution in [0.2, 0.25) is 0 Å². The zero-order valence-corrected chi connectivity index (χ0v) is 20.2. The van der Waals surface area contributed by atoms with Crippen LogP contribution in [0.15, 0.2) is 0 Å². The van der Waals surface area contributed by atoms with Crippen LogP contribution in [0.25, 0.3) is 0 Å². The molecule has 0 saturated carbocycles. The van der Waals surface area contributed by atoms with Crippen LogP contribution < -0.4 is 5.32 Å². The van der Waals surface area contributed by atoms with Crippen LogP contribution >= 0.6 is 0 Å². The van der Waals surface area contributed by atoms with Crippen molar-refractivity contribution in [3.63, 3.8) is 0 Å². The van der Waals surface area contributed by atoms with Gasteiger partial charge in [-0.25, -0.2) is 0 Å². The van der Waals surface area contributed by atoms with Crippen LogP contribution in [0.5, 0.6) is 0 Å². The normalized spacial score (nSPS) is 11.9. The second-order valence-electron chi connectivity index (χ2n) is 10.1. The van der Waals surface area contributed by atoms with E-state index in [1.54, 1.807) is 0 Å². The van der Waals surface area contributed by atoms with Gasteiger partial charge in [0.05, 0.1) is 0 Å². The summed E-state index contributed by atoms with van der Waals surface area (Å²) in [5.74, 6) is 1.13. The molecule has 168 valence electrons. The van der Waals surface area contributed by atoms with Gasteiger partial charge in [0.15, 0.2) is 0 Å². The lowest BCUT2D eigenvalue weighted by atomic mass is 9.85. The molecule has 0 bridgehead atoms. The fraction of sp³-hybridized carbons (Fsp3) is 0.962. The molecule has 0 heterocycles. The second kappa shape index (κ2) is 18.5. The van der Waals surface area contributed by atoms with Gasteiger partial charge < -0.3 is 5.32 Å². The number of nitrogens with one attached hydrogen (secondary N) is 1. The topological polar surface area (TPSA) is 29.1 Å². The van der Waals surface area contributed by atoms with Crippen LogP contribution in [-0.2, 0) is 4.79 Å². The highest BCUT2D eigenvalue weighted by atomic mass is 16.1. The second-order valence-corrected chi connectivity index (χ2v) is 10.1. The van der Waals surface area contributed by atoms with Gasteiger partial charge in [-0.1, -0.05) is 118 Å². The summed E-state index contributed by atoms with van der Waals surface area (Å²) in [7, 11) is 0. The van der Waals surface area contributed by atoms with E-state index < -0.39 is 0 Å². The van der Waals surface area contributed by atoms with Crippen LogP contribution in [0.1, 0.15) is 144 Å². The molecule has 0 aromatic heterocycles. The molecule has 0 aliphatic heterocycles. The standard InChI is InChI=1S/C26H53NO/c1-6-26(4,5)22-19-23-27-25(28)21-18-16-14-12-10-8-7-9-11-13-15-17-20-24(2)3/h24H,6-23H2,1-5H3,(H,27,28). The summed E-state index contributed by atoms with van der Waals surface area (Å²) in [6, 6.07) is 0. The van der Waals surface area contributed by atoms with E-state index in [9.17, 15) is 4.79 Å². The van der Waals surface area contributed by atoms with Crippen molar-refractivity contribution in [1.82, 2.24) is 5.32 Å². The summed E-state index contributed by atoms with van der Waals surface area (Å²) in [6.07, 6.45) is 21.9. The summed E-state index contributed by atoms with van der Waals surface area (Å²) >= 11 is 0. The molecular weight excluding hydrogens is 342 g/mol. The van der Waals surface area contributed by atoms with Crippen molar-refractivity contribution in [2.24, 2.45) is 11.3 Å². The monoisotopic (exact) mass is 395 g/mol. The van der Waals surface area contributed by atoms with E-state index in [0.717, 1.165) is 25.3 Å². The van der Waals surface area contributed by atoms with Crippen LogP contribution in [-0.4, -0.2) is 12.5 Å². The number of hydrogen-bond donors (Lipinski definition) is 1. The summed E-state index contributed by atoms with van der Waals surface area (Å²) in [5, 5.41) is 3.09. The highest BCUT2D eigenvalue weighted by molar-refractivity contribution is 5.75. The molecule has 0 spiro atoms. The van der Waals surface area contributed by atoms with E-state index >= 15 is 0 Å². The molecule has 0 radical (unpaired) electrons. The third kappa shape index (κ3) is 20.2. The lowest BCUT2D eigenvalue weighted by Crippen LogP contribution is -2.25. The minimum atomic E-state index is 0.252. The van der Waals surface area contributed by atoms with E-state index in [1.165, 1.54) is 89.9 Å². The van der Waals surface area contributed by atoms with Gasteiger partial charge in [0, 0.05) is 13.0 Å². The maximum Gasteiger partial charge on any atom is 0.219 e. The Bertz CT molecular complexity index is 348. The maximum absolute atomic E-state index is 11.9. The van der Waals surface area contributed by atoms with Gasteiger partial charge in [-0.15, -0.1) is 0 Å². The number of unbranched alkanes of at least 4 members (excludes halogenated alkanes) is 11. The molecule has 1 amide bonds. The van der Waals surface area contributed by atoms with Gasteiger partial charge in [-0.05, 0) is 30.6 Å². The molecule has 0 atom stereocenters. The number of amides is 1. The average molecular weight is 396 g/mol. The number of hydrogen-bond acceptors (Lipinski definition) is 1. The fourth-order valence-corrected chi connectivity index (χ4v) is 3.67. The van der Waals surface area contributed by atoms with Gasteiger partial charge in [-0.2, -0.15) is 0 Å². The predicted molar refractivity (Wildman–Crippen MR) is 126 cm³/mol. The van der Waals surface area contributed by atoms with Gasteiger partial charge in [-0.3, -0.25) is 4.79 Å². The average Bonchev–Trinajstić information content (AvgIpc) is 2.65. The molecular formula is C26H53NO. The highest BCUT2D eigenvalue weighted by Crippen LogP contribution is 2.25. The van der Waals surface area contributed by atoms with Crippen molar-refractivity contribution >= 4 is 5.91 Å². The predicted octanol–water partition coefficient (Wildman–Crippen LogP) is 8.44. The Hall–Kier alpha value is -0.530. The van der Waals surface area contributed by atoms with Crippen molar-refractivity contribution in [1.29, 1.82) is 0 Å². The molecule has 0 saturated heterocycles. The Morgan fingerprint density at radius 1 is 0.750 bits per heavy atom. The summed E-state index contributed by atoms with van der Waals surface area (Å²) in [4.78, 5) is 11.9. The van der Waals surface area contributed by atoms with Crippen molar-refractivity contribution in [3.05, 3.63) is 0 Å². The number of carbonyl (C=O) groups excluding carboxylic acids is 1. The largest absolute Gasteiger partial charge is 0.356 e. The van der Waals surface area contributed by atoms with Gasteiger partial charge in [0.2, 0.25) is 5.91 Å². The summed E-state index contributed by atoms with van der Waals surface area (Å²) in [5.41, 5.74) is 0.415. The van der Waals surface area contributed by atoms with Crippen LogP contribution in [0.3, 0.4) is 0 Å². The van der Waals surface area contributed by atoms with Crippen LogP contribution in [0, 0.1) is 11.3 Å². The first-order valence-corrected chi connectivity index (χ1v) is 12.6. The zero-order chi connectivity index (χ0) is 21.1. The SMILES string of the molecule is CCC(C)(C)CCCNC(=O)CCCCCCCCCCCCCCC(C)C. The van der Waals surface area contributed by atoms with Gasteiger partial charge >= 0.3 is 0 Å². The molecule has 0 aliphatic carbocycles. The molecule has 1 N–H and O–H groups in total. The first-order valence-electron chi connectivity index (χ1n) is 12.6. The van der Waals surface area contributed by atoms with Gasteiger partial charge in [0.1, 0.15) is 0 Å². The molecule has 0 aromatic rings. The Morgan fingerprint density at radius 3 is 1.68 bits per heavy atom. The lowest BCUT2D eigenvalue weighted by Gasteiger charge is -2.22.